The van der Waals surface area contributed by atoms with E-state index in [4.69, 9.17) is 0 Å². The zero-order valence-electron chi connectivity index (χ0n) is 18.3. The maximum atomic E-state index is 3.90. The minimum absolute atomic E-state index is 0.138. The predicted octanol–water partition coefficient (Wildman–Crippen LogP) is 5.86. The number of hydrogen-bond donors (Lipinski definition) is 0. The zero-order valence-corrected chi connectivity index (χ0v) is 18.3. The van der Waals surface area contributed by atoms with E-state index in [-0.39, 0.29) is 5.41 Å². The summed E-state index contributed by atoms with van der Waals surface area (Å²) in [7, 11) is 0. The first kappa shape index (κ1) is 21.5. The van der Waals surface area contributed by atoms with Crippen molar-refractivity contribution in [2.24, 2.45) is 5.41 Å². The summed E-state index contributed by atoms with van der Waals surface area (Å²) in [5.41, 5.74) is 4.00. The van der Waals surface area contributed by atoms with Crippen molar-refractivity contribution in [2.75, 3.05) is 32.7 Å². The van der Waals surface area contributed by atoms with Crippen molar-refractivity contribution in [3.8, 4) is 0 Å². The van der Waals surface area contributed by atoms with E-state index in [0.717, 1.165) is 44.7 Å². The fourth-order valence-corrected chi connectivity index (χ4v) is 4.42. The highest BCUT2D eigenvalue weighted by molar-refractivity contribution is 5.30. The van der Waals surface area contributed by atoms with Crippen LogP contribution in [0.5, 0.6) is 0 Å². The average molecular weight is 389 g/mol. The molecule has 154 valence electrons. The second kappa shape index (κ2) is 10.0. The Morgan fingerprint density at radius 1 is 1.10 bits per heavy atom. The maximum absolute atomic E-state index is 3.90. The quantitative estimate of drug-likeness (QED) is 0.539. The minimum Gasteiger partial charge on any atom is -0.297 e. The van der Waals surface area contributed by atoms with Crippen molar-refractivity contribution in [1.29, 1.82) is 0 Å². The molecule has 0 N–H and O–H groups in total. The first-order chi connectivity index (χ1) is 14.0. The summed E-state index contributed by atoms with van der Waals surface area (Å²) in [5.74, 6) is 0. The third kappa shape index (κ3) is 5.91. The van der Waals surface area contributed by atoms with Crippen LogP contribution in [0.2, 0.25) is 0 Å². The van der Waals surface area contributed by atoms with Gasteiger partial charge in [-0.1, -0.05) is 97.5 Å². The Kier molecular flexibility index (Phi) is 7.46. The van der Waals surface area contributed by atoms with Gasteiger partial charge in [-0.3, -0.25) is 9.80 Å². The van der Waals surface area contributed by atoms with Crippen LogP contribution >= 0.6 is 0 Å². The van der Waals surface area contributed by atoms with Crippen molar-refractivity contribution in [2.45, 2.75) is 33.2 Å². The molecule has 1 aromatic carbocycles. The molecule has 1 fully saturated rings. The number of piperazine rings is 1. The van der Waals surface area contributed by atoms with E-state index in [9.17, 15) is 0 Å². The summed E-state index contributed by atoms with van der Waals surface area (Å²) in [6.45, 7) is 16.0. The predicted molar refractivity (Wildman–Crippen MR) is 126 cm³/mol. The Labute approximate surface area is 177 Å². The molecule has 1 aliphatic heterocycles. The molecule has 0 radical (unpaired) electrons. The monoisotopic (exact) mass is 388 g/mol. The average Bonchev–Trinajstić information content (AvgIpc) is 2.71. The number of hydrogen-bond acceptors (Lipinski definition) is 2. The lowest BCUT2D eigenvalue weighted by Crippen LogP contribution is -2.50. The van der Waals surface area contributed by atoms with Crippen LogP contribution in [-0.2, 0) is 0 Å². The van der Waals surface area contributed by atoms with Crippen molar-refractivity contribution >= 4 is 0 Å². The van der Waals surface area contributed by atoms with E-state index in [1.54, 1.807) is 0 Å². The third-order valence-corrected chi connectivity index (χ3v) is 6.06. The highest BCUT2D eigenvalue weighted by Crippen LogP contribution is 2.44. The van der Waals surface area contributed by atoms with E-state index >= 15 is 0 Å². The van der Waals surface area contributed by atoms with Crippen molar-refractivity contribution in [1.82, 2.24) is 9.80 Å². The fraction of sp³-hybridized carbons (Fsp3) is 0.407. The molecule has 1 aliphatic carbocycles. The molecular formula is C27H36N2. The number of allylic oxidation sites excluding steroid dienone is 7. The Balaban J connectivity index is 1.67. The van der Waals surface area contributed by atoms with Crippen LogP contribution < -0.4 is 0 Å². The molecule has 0 amide bonds. The first-order valence-electron chi connectivity index (χ1n) is 10.8. The van der Waals surface area contributed by atoms with Gasteiger partial charge >= 0.3 is 0 Å². The Morgan fingerprint density at radius 3 is 2.45 bits per heavy atom. The summed E-state index contributed by atoms with van der Waals surface area (Å²) in [6, 6.07) is 9.60. The Morgan fingerprint density at radius 2 is 1.83 bits per heavy atom. The lowest BCUT2D eigenvalue weighted by atomic mass is 9.73. The standard InChI is InChI=1S/C27H36N2/c1-23(2)11-7-5-10-18-28-19-21-29(22-20-28)26(25-14-12-24(3)13-15-25)27(4)16-8-6-9-17-27/h5-16,26H,1,17-22H2,2-4H3/b10-5+,11-7-. The lowest BCUT2D eigenvalue weighted by molar-refractivity contribution is 0.0533. The molecule has 1 saturated heterocycles. The van der Waals surface area contributed by atoms with Gasteiger partial charge in [0.25, 0.3) is 0 Å². The molecule has 3 rings (SSSR count). The highest BCUT2D eigenvalue weighted by Gasteiger charge is 2.38. The van der Waals surface area contributed by atoms with Crippen molar-refractivity contribution in [3.63, 3.8) is 0 Å². The largest absolute Gasteiger partial charge is 0.297 e. The second-order valence-electron chi connectivity index (χ2n) is 8.78. The first-order valence-corrected chi connectivity index (χ1v) is 10.8. The number of benzene rings is 1. The van der Waals surface area contributed by atoms with E-state index in [0.29, 0.717) is 6.04 Å². The molecule has 2 aliphatic rings. The van der Waals surface area contributed by atoms with E-state index in [2.05, 4.69) is 97.0 Å². The fourth-order valence-electron chi connectivity index (χ4n) is 4.42. The Hall–Kier alpha value is -2.16. The van der Waals surface area contributed by atoms with Gasteiger partial charge in [0, 0.05) is 44.2 Å². The van der Waals surface area contributed by atoms with Gasteiger partial charge in [-0.25, -0.2) is 0 Å². The summed E-state index contributed by atoms with van der Waals surface area (Å²) < 4.78 is 0. The van der Waals surface area contributed by atoms with Crippen molar-refractivity contribution in [3.05, 3.63) is 96.2 Å². The van der Waals surface area contributed by atoms with Gasteiger partial charge in [0.1, 0.15) is 0 Å². The van der Waals surface area contributed by atoms with Crippen LogP contribution in [-0.4, -0.2) is 42.5 Å². The van der Waals surface area contributed by atoms with Gasteiger partial charge < -0.3 is 0 Å². The van der Waals surface area contributed by atoms with Gasteiger partial charge in [-0.2, -0.15) is 0 Å². The molecule has 0 bridgehead atoms. The third-order valence-electron chi connectivity index (χ3n) is 6.06. The van der Waals surface area contributed by atoms with Crippen molar-refractivity contribution < 1.29 is 0 Å². The lowest BCUT2D eigenvalue weighted by Gasteiger charge is -2.46. The zero-order chi connectivity index (χ0) is 20.7. The number of aryl methyl sites for hydroxylation is 1. The van der Waals surface area contributed by atoms with Gasteiger partial charge in [0.2, 0.25) is 0 Å². The Bertz CT molecular complexity index is 788. The number of nitrogens with zero attached hydrogens (tertiary/aromatic N) is 2. The van der Waals surface area contributed by atoms with E-state index in [1.807, 2.05) is 13.0 Å². The van der Waals surface area contributed by atoms with Crippen LogP contribution in [0.3, 0.4) is 0 Å². The smallest absolute Gasteiger partial charge is 0.0440 e. The molecule has 0 aromatic heterocycles. The van der Waals surface area contributed by atoms with Crippen LogP contribution in [0.15, 0.2) is 85.0 Å². The summed E-state index contributed by atoms with van der Waals surface area (Å²) in [6.07, 6.45) is 18.8. The minimum atomic E-state index is 0.138. The molecule has 0 spiro atoms. The maximum Gasteiger partial charge on any atom is 0.0440 e. The van der Waals surface area contributed by atoms with Gasteiger partial charge in [-0.15, -0.1) is 0 Å². The second-order valence-corrected chi connectivity index (χ2v) is 8.78. The number of rotatable bonds is 7. The van der Waals surface area contributed by atoms with Gasteiger partial charge in [-0.05, 0) is 25.8 Å². The van der Waals surface area contributed by atoms with Crippen LogP contribution in [0.4, 0.5) is 0 Å². The summed E-state index contributed by atoms with van der Waals surface area (Å²) in [5, 5.41) is 0. The van der Waals surface area contributed by atoms with E-state index in [1.165, 1.54) is 11.1 Å². The highest BCUT2D eigenvalue weighted by atomic mass is 15.3. The van der Waals surface area contributed by atoms with Gasteiger partial charge in [0.15, 0.2) is 0 Å². The molecule has 0 saturated carbocycles. The molecular weight excluding hydrogens is 352 g/mol. The topological polar surface area (TPSA) is 6.48 Å². The molecule has 2 heteroatoms. The van der Waals surface area contributed by atoms with Gasteiger partial charge in [0.05, 0.1) is 0 Å². The normalized spacial score (nSPS) is 24.5. The van der Waals surface area contributed by atoms with Crippen LogP contribution in [0.1, 0.15) is 37.4 Å². The molecule has 2 unspecified atom stereocenters. The molecule has 1 heterocycles. The molecule has 1 aromatic rings. The van der Waals surface area contributed by atoms with Crippen LogP contribution in [0, 0.1) is 12.3 Å². The molecule has 2 nitrogen and oxygen atoms in total. The van der Waals surface area contributed by atoms with E-state index < -0.39 is 0 Å². The summed E-state index contributed by atoms with van der Waals surface area (Å²) >= 11 is 0. The molecule has 2 atom stereocenters. The SMILES string of the molecule is C=C(C)/C=C\C=C\CN1CCN(C(c2ccc(C)cc2)C2(C)C=CC=CC2)CC1. The molecule has 29 heavy (non-hydrogen) atoms. The summed E-state index contributed by atoms with van der Waals surface area (Å²) in [4.78, 5) is 5.25. The van der Waals surface area contributed by atoms with Crippen LogP contribution in [0.25, 0.3) is 0 Å².